The van der Waals surface area contributed by atoms with Gasteiger partial charge in [-0.3, -0.25) is 0 Å². The number of rotatable bonds is 2. The van der Waals surface area contributed by atoms with E-state index in [1.165, 1.54) is 6.07 Å². The molecule has 0 saturated heterocycles. The summed E-state index contributed by atoms with van der Waals surface area (Å²) in [5.74, 6) is -0.249. The predicted molar refractivity (Wildman–Crippen MR) is 73.9 cm³/mol. The van der Waals surface area contributed by atoms with Gasteiger partial charge in [-0.05, 0) is 41.9 Å². The molecule has 0 aliphatic heterocycles. The van der Waals surface area contributed by atoms with Crippen LogP contribution in [0.4, 0.5) is 4.39 Å². The van der Waals surface area contributed by atoms with Crippen LogP contribution in [0.25, 0.3) is 0 Å². The molecule has 0 aliphatic carbocycles. The fourth-order valence-corrected chi connectivity index (χ4v) is 3.67. The molecular formula is C13H13BrFNS. The summed E-state index contributed by atoms with van der Waals surface area (Å²) in [6.45, 7) is 3.95. The molecule has 0 fully saturated rings. The fraction of sp³-hybridized carbons (Fsp3) is 0.231. The Labute approximate surface area is 113 Å². The quantitative estimate of drug-likeness (QED) is 0.878. The minimum absolute atomic E-state index is 0.249. The molecule has 90 valence electrons. The summed E-state index contributed by atoms with van der Waals surface area (Å²) in [6, 6.07) is 6.62. The third kappa shape index (κ3) is 2.59. The third-order valence-corrected chi connectivity index (χ3v) is 4.66. The van der Waals surface area contributed by atoms with Crippen molar-refractivity contribution in [2.45, 2.75) is 19.9 Å². The van der Waals surface area contributed by atoms with Crippen LogP contribution in [0.3, 0.4) is 0 Å². The van der Waals surface area contributed by atoms with Gasteiger partial charge >= 0.3 is 0 Å². The minimum atomic E-state index is -0.414. The summed E-state index contributed by atoms with van der Waals surface area (Å²) in [7, 11) is 0. The molecule has 1 aromatic carbocycles. The molecule has 1 heterocycles. The van der Waals surface area contributed by atoms with E-state index in [0.29, 0.717) is 5.56 Å². The van der Waals surface area contributed by atoms with E-state index < -0.39 is 6.04 Å². The number of aryl methyl sites for hydroxylation is 2. The van der Waals surface area contributed by atoms with Gasteiger partial charge in [-0.2, -0.15) is 0 Å². The summed E-state index contributed by atoms with van der Waals surface area (Å²) in [6.07, 6.45) is 0. The highest BCUT2D eigenvalue weighted by Crippen LogP contribution is 2.35. The molecule has 17 heavy (non-hydrogen) atoms. The highest BCUT2D eigenvalue weighted by Gasteiger charge is 2.18. The smallest absolute Gasteiger partial charge is 0.128 e. The van der Waals surface area contributed by atoms with Crippen LogP contribution >= 0.6 is 27.3 Å². The molecule has 0 bridgehead atoms. The fourth-order valence-electron chi connectivity index (χ4n) is 1.76. The van der Waals surface area contributed by atoms with Crippen LogP contribution in [-0.4, -0.2) is 0 Å². The van der Waals surface area contributed by atoms with Crippen molar-refractivity contribution in [3.05, 3.63) is 55.4 Å². The van der Waals surface area contributed by atoms with E-state index in [9.17, 15) is 4.39 Å². The maximum Gasteiger partial charge on any atom is 0.128 e. The van der Waals surface area contributed by atoms with Crippen LogP contribution in [0.5, 0.6) is 0 Å². The molecule has 1 atom stereocenters. The van der Waals surface area contributed by atoms with E-state index in [-0.39, 0.29) is 5.82 Å². The average Bonchev–Trinajstić information content (AvgIpc) is 2.60. The van der Waals surface area contributed by atoms with Gasteiger partial charge in [-0.15, -0.1) is 11.3 Å². The Balaban J connectivity index is 2.46. The van der Waals surface area contributed by atoms with Crippen molar-refractivity contribution in [1.82, 2.24) is 0 Å². The van der Waals surface area contributed by atoms with Gasteiger partial charge in [0.2, 0.25) is 0 Å². The molecule has 1 nitrogen and oxygen atoms in total. The first-order valence-electron chi connectivity index (χ1n) is 5.26. The Hall–Kier alpha value is -0.710. The molecular weight excluding hydrogens is 301 g/mol. The highest BCUT2D eigenvalue weighted by atomic mass is 79.9. The normalized spacial score (nSPS) is 12.8. The largest absolute Gasteiger partial charge is 0.319 e. The second-order valence-electron chi connectivity index (χ2n) is 4.07. The zero-order chi connectivity index (χ0) is 12.6. The van der Waals surface area contributed by atoms with Crippen LogP contribution in [0.2, 0.25) is 0 Å². The number of nitrogens with two attached hydrogens (primary N) is 1. The van der Waals surface area contributed by atoms with E-state index in [2.05, 4.69) is 15.9 Å². The molecule has 1 unspecified atom stereocenters. The molecule has 0 saturated carbocycles. The van der Waals surface area contributed by atoms with E-state index in [1.54, 1.807) is 17.4 Å². The summed E-state index contributed by atoms with van der Waals surface area (Å²) in [5.41, 5.74) is 7.70. The summed E-state index contributed by atoms with van der Waals surface area (Å²) < 4.78 is 14.7. The van der Waals surface area contributed by atoms with Gasteiger partial charge in [0.1, 0.15) is 5.82 Å². The zero-order valence-electron chi connectivity index (χ0n) is 9.63. The standard InChI is InChI=1S/C13H13BrFNS/c1-7-3-4-11(15)9(5-7)12(16)13-10(14)6-8(2)17-13/h3-6,12H,16H2,1-2H3. The first-order chi connectivity index (χ1) is 7.99. The lowest BCUT2D eigenvalue weighted by atomic mass is 10.0. The molecule has 0 radical (unpaired) electrons. The highest BCUT2D eigenvalue weighted by molar-refractivity contribution is 9.10. The van der Waals surface area contributed by atoms with Crippen molar-refractivity contribution in [3.8, 4) is 0 Å². The van der Waals surface area contributed by atoms with Gasteiger partial charge in [0.05, 0.1) is 6.04 Å². The lowest BCUT2D eigenvalue weighted by Crippen LogP contribution is -2.12. The molecule has 2 rings (SSSR count). The zero-order valence-corrected chi connectivity index (χ0v) is 12.0. The number of thiophene rings is 1. The Morgan fingerprint density at radius 3 is 2.59 bits per heavy atom. The lowest BCUT2D eigenvalue weighted by molar-refractivity contribution is 0.600. The van der Waals surface area contributed by atoms with Gasteiger partial charge in [-0.1, -0.05) is 17.7 Å². The van der Waals surface area contributed by atoms with Crippen molar-refractivity contribution < 1.29 is 4.39 Å². The van der Waals surface area contributed by atoms with Crippen molar-refractivity contribution in [2.75, 3.05) is 0 Å². The third-order valence-electron chi connectivity index (χ3n) is 2.61. The Morgan fingerprint density at radius 2 is 2.00 bits per heavy atom. The molecule has 2 aromatic rings. The second-order valence-corrected chi connectivity index (χ2v) is 6.21. The summed E-state index contributed by atoms with van der Waals surface area (Å²) >= 11 is 5.06. The Morgan fingerprint density at radius 1 is 1.29 bits per heavy atom. The van der Waals surface area contributed by atoms with E-state index in [1.807, 2.05) is 26.0 Å². The number of halogens is 2. The van der Waals surface area contributed by atoms with Gasteiger partial charge < -0.3 is 5.73 Å². The van der Waals surface area contributed by atoms with E-state index in [0.717, 1.165) is 19.8 Å². The van der Waals surface area contributed by atoms with Crippen LogP contribution in [-0.2, 0) is 0 Å². The predicted octanol–water partition coefficient (Wildman–Crippen LogP) is 4.31. The van der Waals surface area contributed by atoms with Crippen molar-refractivity contribution in [1.29, 1.82) is 0 Å². The van der Waals surface area contributed by atoms with Gasteiger partial charge in [0.15, 0.2) is 0 Å². The molecule has 1 aromatic heterocycles. The number of hydrogen-bond donors (Lipinski definition) is 1. The average molecular weight is 314 g/mol. The topological polar surface area (TPSA) is 26.0 Å². The van der Waals surface area contributed by atoms with Crippen molar-refractivity contribution in [2.24, 2.45) is 5.73 Å². The van der Waals surface area contributed by atoms with Crippen LogP contribution in [0, 0.1) is 19.7 Å². The molecule has 0 spiro atoms. The van der Waals surface area contributed by atoms with Gasteiger partial charge in [0, 0.05) is 19.8 Å². The first kappa shape index (κ1) is 12.7. The summed E-state index contributed by atoms with van der Waals surface area (Å²) in [5, 5.41) is 0. The lowest BCUT2D eigenvalue weighted by Gasteiger charge is -2.12. The Bertz CT molecular complexity index is 550. The molecule has 2 N–H and O–H groups in total. The van der Waals surface area contributed by atoms with Crippen LogP contribution in [0.1, 0.15) is 26.9 Å². The van der Waals surface area contributed by atoms with Crippen LogP contribution < -0.4 is 5.73 Å². The van der Waals surface area contributed by atoms with Gasteiger partial charge in [0.25, 0.3) is 0 Å². The first-order valence-corrected chi connectivity index (χ1v) is 6.87. The van der Waals surface area contributed by atoms with E-state index >= 15 is 0 Å². The van der Waals surface area contributed by atoms with Crippen molar-refractivity contribution in [3.63, 3.8) is 0 Å². The molecule has 0 aliphatic rings. The minimum Gasteiger partial charge on any atom is -0.319 e. The summed E-state index contributed by atoms with van der Waals surface area (Å²) in [4.78, 5) is 2.13. The monoisotopic (exact) mass is 313 g/mol. The maximum absolute atomic E-state index is 13.8. The SMILES string of the molecule is Cc1ccc(F)c(C(N)c2sc(C)cc2Br)c1. The molecule has 4 heteroatoms. The van der Waals surface area contributed by atoms with Crippen LogP contribution in [0.15, 0.2) is 28.7 Å². The van der Waals surface area contributed by atoms with Gasteiger partial charge in [-0.25, -0.2) is 4.39 Å². The second kappa shape index (κ2) is 4.88. The maximum atomic E-state index is 13.8. The number of benzene rings is 1. The molecule has 0 amide bonds. The van der Waals surface area contributed by atoms with Crippen molar-refractivity contribution >= 4 is 27.3 Å². The Kier molecular flexibility index (Phi) is 3.66. The number of hydrogen-bond acceptors (Lipinski definition) is 2. The van der Waals surface area contributed by atoms with E-state index in [4.69, 9.17) is 5.73 Å².